The zero-order valence-electron chi connectivity index (χ0n) is 14.9. The number of allylic oxidation sites excluding steroid dienone is 1. The lowest BCUT2D eigenvalue weighted by Gasteiger charge is -2.35. The number of nitrogens with one attached hydrogen (secondary N) is 1. The summed E-state index contributed by atoms with van der Waals surface area (Å²) in [6.45, 7) is 3.03. The van der Waals surface area contributed by atoms with E-state index in [4.69, 9.17) is 4.74 Å². The normalized spacial score (nSPS) is 17.0. The van der Waals surface area contributed by atoms with Gasteiger partial charge in [0.05, 0.1) is 23.8 Å². The quantitative estimate of drug-likeness (QED) is 0.720. The molecule has 0 fully saturated rings. The van der Waals surface area contributed by atoms with Crippen molar-refractivity contribution in [2.45, 2.75) is 32.7 Å². The van der Waals surface area contributed by atoms with Crippen LogP contribution in [0, 0.1) is 11.6 Å². The number of carbonyl (C=O) groups excluding carboxylic acids is 3. The fourth-order valence-electron chi connectivity index (χ4n) is 2.91. The van der Waals surface area contributed by atoms with Crippen molar-refractivity contribution in [2.24, 2.45) is 0 Å². The van der Waals surface area contributed by atoms with Crippen LogP contribution < -0.4 is 10.4 Å². The monoisotopic (exact) mass is 381 g/mol. The first-order chi connectivity index (χ1) is 12.8. The maximum atomic E-state index is 14.2. The van der Waals surface area contributed by atoms with E-state index in [2.05, 4.69) is 5.32 Å². The van der Waals surface area contributed by atoms with Crippen LogP contribution in [-0.2, 0) is 14.3 Å². The number of nitrogens with zero attached hydrogens (tertiary/aromatic N) is 1. The average molecular weight is 381 g/mol. The van der Waals surface area contributed by atoms with E-state index in [9.17, 15) is 28.3 Å². The van der Waals surface area contributed by atoms with E-state index in [1.807, 2.05) is 0 Å². The molecule has 1 aromatic rings. The largest absolute Gasteiger partial charge is 0.550 e. The molecule has 1 N–H and O–H groups in total. The van der Waals surface area contributed by atoms with Crippen molar-refractivity contribution in [3.63, 3.8) is 0 Å². The Bertz CT molecular complexity index is 774. The minimum Gasteiger partial charge on any atom is -0.550 e. The second-order valence-corrected chi connectivity index (χ2v) is 5.86. The number of rotatable bonds is 7. The summed E-state index contributed by atoms with van der Waals surface area (Å²) in [5, 5.41) is 13.0. The number of carbonyl (C=O) groups is 3. The Morgan fingerprint density at radius 1 is 1.30 bits per heavy atom. The van der Waals surface area contributed by atoms with Crippen molar-refractivity contribution in [2.75, 3.05) is 13.2 Å². The molecule has 0 aliphatic carbocycles. The standard InChI is InChI=1S/C18H20F2N2O5/c1-3-27-17(25)14-10(2)22(9-5-8-13(23)24)18(26)21-16(14)15-11(19)6-4-7-12(15)20/h4,6-7,16H,3,5,8-9H2,1-2H3,(H,21,26)(H,23,24)/p-1/t16-/m0/s1. The highest BCUT2D eigenvalue weighted by molar-refractivity contribution is 5.95. The number of hydrogen-bond donors (Lipinski definition) is 1. The Morgan fingerprint density at radius 3 is 2.48 bits per heavy atom. The van der Waals surface area contributed by atoms with Crippen LogP contribution in [-0.4, -0.2) is 36.0 Å². The second kappa shape index (κ2) is 8.61. The SMILES string of the molecule is CCOC(=O)C1=C(C)N(CCCC(=O)[O-])C(=O)N[C@@H]1c1c(F)cccc1F. The van der Waals surface area contributed by atoms with E-state index < -0.39 is 41.2 Å². The summed E-state index contributed by atoms with van der Waals surface area (Å²) in [7, 11) is 0. The number of aliphatic carboxylic acids is 1. The molecule has 1 aliphatic rings. The number of carboxylic acids is 1. The number of ether oxygens (including phenoxy) is 1. The summed E-state index contributed by atoms with van der Waals surface area (Å²) < 4.78 is 33.5. The molecule has 2 amide bonds. The predicted molar refractivity (Wildman–Crippen MR) is 87.9 cm³/mol. The first kappa shape index (κ1) is 20.3. The molecule has 1 atom stereocenters. The van der Waals surface area contributed by atoms with Crippen molar-refractivity contribution in [1.82, 2.24) is 10.2 Å². The van der Waals surface area contributed by atoms with Gasteiger partial charge in [0.1, 0.15) is 11.6 Å². The first-order valence-corrected chi connectivity index (χ1v) is 8.37. The Labute approximate surface area is 154 Å². The first-order valence-electron chi connectivity index (χ1n) is 8.37. The van der Waals surface area contributed by atoms with E-state index in [0.717, 1.165) is 17.0 Å². The smallest absolute Gasteiger partial charge is 0.338 e. The van der Waals surface area contributed by atoms with Gasteiger partial charge in [0.2, 0.25) is 0 Å². The fraction of sp³-hybridized carbons (Fsp3) is 0.389. The van der Waals surface area contributed by atoms with Gasteiger partial charge in [-0.3, -0.25) is 4.90 Å². The van der Waals surface area contributed by atoms with Crippen LogP contribution >= 0.6 is 0 Å². The molecule has 0 spiro atoms. The van der Waals surface area contributed by atoms with Gasteiger partial charge in [-0.15, -0.1) is 0 Å². The van der Waals surface area contributed by atoms with Crippen molar-refractivity contribution in [3.05, 3.63) is 46.7 Å². The lowest BCUT2D eigenvalue weighted by atomic mass is 9.94. The van der Waals surface area contributed by atoms with Gasteiger partial charge in [-0.2, -0.15) is 0 Å². The van der Waals surface area contributed by atoms with Crippen LogP contribution in [0.2, 0.25) is 0 Å². The number of amides is 2. The van der Waals surface area contributed by atoms with Crippen LogP contribution in [0.5, 0.6) is 0 Å². The lowest BCUT2D eigenvalue weighted by molar-refractivity contribution is -0.305. The molecule has 0 aromatic heterocycles. The highest BCUT2D eigenvalue weighted by atomic mass is 19.1. The van der Waals surface area contributed by atoms with Gasteiger partial charge >= 0.3 is 12.0 Å². The van der Waals surface area contributed by atoms with Gasteiger partial charge in [-0.25, -0.2) is 18.4 Å². The van der Waals surface area contributed by atoms with Crippen molar-refractivity contribution in [1.29, 1.82) is 0 Å². The minimum atomic E-state index is -1.37. The summed E-state index contributed by atoms with van der Waals surface area (Å²) in [5.41, 5.74) is -0.445. The fourth-order valence-corrected chi connectivity index (χ4v) is 2.91. The molecule has 2 rings (SSSR count). The van der Waals surface area contributed by atoms with Crippen LogP contribution in [0.15, 0.2) is 29.5 Å². The van der Waals surface area contributed by atoms with Crippen molar-refractivity contribution in [3.8, 4) is 0 Å². The number of urea groups is 1. The van der Waals surface area contributed by atoms with E-state index in [-0.39, 0.29) is 37.3 Å². The molecule has 7 nitrogen and oxygen atoms in total. The van der Waals surface area contributed by atoms with Gasteiger partial charge in [0.15, 0.2) is 0 Å². The van der Waals surface area contributed by atoms with Gasteiger partial charge in [0.25, 0.3) is 0 Å². The number of hydrogen-bond acceptors (Lipinski definition) is 5. The Hall–Kier alpha value is -2.97. The van der Waals surface area contributed by atoms with E-state index in [0.29, 0.717) is 0 Å². The Morgan fingerprint density at radius 2 is 1.93 bits per heavy atom. The lowest BCUT2D eigenvalue weighted by Crippen LogP contribution is -2.48. The van der Waals surface area contributed by atoms with Crippen LogP contribution in [0.4, 0.5) is 13.6 Å². The summed E-state index contributed by atoms with van der Waals surface area (Å²) in [6, 6.07) is 1.15. The highest BCUT2D eigenvalue weighted by Crippen LogP contribution is 2.34. The molecule has 146 valence electrons. The molecule has 27 heavy (non-hydrogen) atoms. The van der Waals surface area contributed by atoms with Crippen molar-refractivity contribution < 1.29 is 33.0 Å². The maximum absolute atomic E-state index is 14.2. The third-order valence-corrected chi connectivity index (χ3v) is 4.14. The Balaban J connectivity index is 2.48. The minimum absolute atomic E-state index is 0.0129. The van der Waals surface area contributed by atoms with Crippen molar-refractivity contribution >= 4 is 18.0 Å². The van der Waals surface area contributed by atoms with Crippen LogP contribution in [0.1, 0.15) is 38.3 Å². The summed E-state index contributed by atoms with van der Waals surface area (Å²) in [6.07, 6.45) is -0.195. The molecule has 0 bridgehead atoms. The summed E-state index contributed by atoms with van der Waals surface area (Å²) in [4.78, 5) is 36.6. The molecule has 1 heterocycles. The number of carboxylic acid groups (broad SMARTS) is 1. The Kier molecular flexibility index (Phi) is 6.49. The molecular weight excluding hydrogens is 362 g/mol. The zero-order valence-corrected chi connectivity index (χ0v) is 14.9. The molecule has 0 saturated heterocycles. The van der Waals surface area contributed by atoms with E-state index >= 15 is 0 Å². The number of esters is 1. The zero-order chi connectivity index (χ0) is 20.1. The number of benzene rings is 1. The van der Waals surface area contributed by atoms with Gasteiger partial charge in [0, 0.05) is 18.2 Å². The summed E-state index contributed by atoms with van der Waals surface area (Å²) >= 11 is 0. The van der Waals surface area contributed by atoms with Gasteiger partial charge in [-0.05, 0) is 38.8 Å². The molecule has 9 heteroatoms. The third kappa shape index (κ3) is 4.42. The second-order valence-electron chi connectivity index (χ2n) is 5.86. The summed E-state index contributed by atoms with van der Waals surface area (Å²) in [5.74, 6) is -3.93. The molecular formula is C18H19F2N2O5-. The van der Waals surface area contributed by atoms with Crippen LogP contribution in [0.3, 0.4) is 0 Å². The maximum Gasteiger partial charge on any atom is 0.338 e. The van der Waals surface area contributed by atoms with Gasteiger partial charge < -0.3 is 20.0 Å². The highest BCUT2D eigenvalue weighted by Gasteiger charge is 2.38. The molecule has 1 aromatic carbocycles. The molecule has 0 unspecified atom stereocenters. The molecule has 0 radical (unpaired) electrons. The molecule has 0 saturated carbocycles. The van der Waals surface area contributed by atoms with E-state index in [1.165, 1.54) is 13.0 Å². The average Bonchev–Trinajstić information content (AvgIpc) is 2.57. The van der Waals surface area contributed by atoms with Gasteiger partial charge in [-0.1, -0.05) is 6.07 Å². The predicted octanol–water partition coefficient (Wildman–Crippen LogP) is 1.40. The molecule has 1 aliphatic heterocycles. The third-order valence-electron chi connectivity index (χ3n) is 4.14. The van der Waals surface area contributed by atoms with E-state index in [1.54, 1.807) is 6.92 Å². The topological polar surface area (TPSA) is 98.8 Å². The number of halogens is 2. The van der Waals surface area contributed by atoms with Crippen LogP contribution in [0.25, 0.3) is 0 Å².